The first-order chi connectivity index (χ1) is 7.21. The summed E-state index contributed by atoms with van der Waals surface area (Å²) in [5.41, 5.74) is 5.09. The van der Waals surface area contributed by atoms with Crippen molar-refractivity contribution in [3.8, 4) is 0 Å². The number of hydrogen-bond donors (Lipinski definition) is 2. The lowest BCUT2D eigenvalue weighted by Crippen LogP contribution is -2.32. The van der Waals surface area contributed by atoms with E-state index in [2.05, 4.69) is 0 Å². The first-order valence-electron chi connectivity index (χ1n) is 5.69. The van der Waals surface area contributed by atoms with Crippen molar-refractivity contribution in [3.05, 3.63) is 0 Å². The number of methoxy groups -OCH3 is 1. The van der Waals surface area contributed by atoms with E-state index in [1.54, 1.807) is 7.11 Å². The number of nitrogens with one attached hydrogen (secondary N) is 1. The summed E-state index contributed by atoms with van der Waals surface area (Å²) in [6.07, 6.45) is 1.64. The van der Waals surface area contributed by atoms with E-state index in [4.69, 9.17) is 20.6 Å². The molecular weight excluding hydrogens is 204 g/mol. The van der Waals surface area contributed by atoms with Crippen molar-refractivity contribution < 1.29 is 9.47 Å². The van der Waals surface area contributed by atoms with E-state index >= 15 is 0 Å². The molecular formula is C12H26N2O2. The molecule has 0 aromatic carbocycles. The summed E-state index contributed by atoms with van der Waals surface area (Å²) in [5, 5.41) is 7.41. The van der Waals surface area contributed by atoms with Crippen molar-refractivity contribution in [2.75, 3.05) is 20.3 Å². The number of hydrogen-bond acceptors (Lipinski definition) is 3. The molecule has 4 nitrogen and oxygen atoms in total. The number of ether oxygens (including phenoxy) is 2. The normalized spacial score (nSPS) is 12.8. The Morgan fingerprint density at radius 3 is 2.06 bits per heavy atom. The van der Waals surface area contributed by atoms with Crippen LogP contribution in [0.2, 0.25) is 0 Å². The molecule has 0 saturated heterocycles. The van der Waals surface area contributed by atoms with E-state index in [1.165, 1.54) is 0 Å². The fourth-order valence-corrected chi connectivity index (χ4v) is 0.984. The van der Waals surface area contributed by atoms with Crippen LogP contribution < -0.4 is 5.73 Å². The fourth-order valence-electron chi connectivity index (χ4n) is 0.984. The topological polar surface area (TPSA) is 68.3 Å². The monoisotopic (exact) mass is 230 g/mol. The molecule has 0 aromatic heterocycles. The molecule has 0 bridgehead atoms. The Morgan fingerprint density at radius 2 is 1.62 bits per heavy atom. The molecule has 0 unspecified atom stereocenters. The smallest absolute Gasteiger partial charge is 0.0963 e. The summed E-state index contributed by atoms with van der Waals surface area (Å²) in [7, 11) is 1.71. The maximum Gasteiger partial charge on any atom is 0.0963 e. The molecule has 96 valence electrons. The first kappa shape index (κ1) is 15.4. The fraction of sp³-hybridized carbons (Fsp3) is 0.917. The number of nitrogens with two attached hydrogens (primary N) is 1. The van der Waals surface area contributed by atoms with Crippen LogP contribution in [-0.4, -0.2) is 31.8 Å². The molecule has 0 aromatic rings. The van der Waals surface area contributed by atoms with E-state index in [-0.39, 0.29) is 16.9 Å². The van der Waals surface area contributed by atoms with Crippen molar-refractivity contribution in [1.29, 1.82) is 5.41 Å². The van der Waals surface area contributed by atoms with E-state index in [0.29, 0.717) is 13.2 Å². The maximum atomic E-state index is 7.41. The molecule has 0 fully saturated rings. The van der Waals surface area contributed by atoms with E-state index < -0.39 is 0 Å². The van der Waals surface area contributed by atoms with Crippen LogP contribution in [0.1, 0.15) is 40.5 Å². The van der Waals surface area contributed by atoms with Gasteiger partial charge in [-0.3, -0.25) is 5.41 Å². The van der Waals surface area contributed by atoms with Gasteiger partial charge in [-0.15, -0.1) is 0 Å². The Hall–Kier alpha value is -0.610. The average molecular weight is 230 g/mol. The van der Waals surface area contributed by atoms with Crippen molar-refractivity contribution >= 4 is 5.84 Å². The van der Waals surface area contributed by atoms with Crippen LogP contribution in [0.3, 0.4) is 0 Å². The van der Waals surface area contributed by atoms with Gasteiger partial charge in [0.1, 0.15) is 0 Å². The lowest BCUT2D eigenvalue weighted by molar-refractivity contribution is -0.0114. The molecule has 0 aliphatic heterocycles. The molecule has 0 saturated carbocycles. The number of rotatable bonds is 8. The molecule has 16 heavy (non-hydrogen) atoms. The average Bonchev–Trinajstić information content (AvgIpc) is 2.16. The van der Waals surface area contributed by atoms with Crippen LogP contribution in [-0.2, 0) is 9.47 Å². The zero-order valence-corrected chi connectivity index (χ0v) is 11.2. The van der Waals surface area contributed by atoms with E-state index in [1.807, 2.05) is 27.7 Å². The van der Waals surface area contributed by atoms with Gasteiger partial charge < -0.3 is 15.2 Å². The minimum atomic E-state index is -0.267. The largest absolute Gasteiger partial charge is 0.387 e. The predicted molar refractivity (Wildman–Crippen MR) is 66.8 cm³/mol. The van der Waals surface area contributed by atoms with Gasteiger partial charge in [0.15, 0.2) is 0 Å². The van der Waals surface area contributed by atoms with Crippen molar-refractivity contribution in [1.82, 2.24) is 0 Å². The van der Waals surface area contributed by atoms with Gasteiger partial charge >= 0.3 is 0 Å². The van der Waals surface area contributed by atoms with Gasteiger partial charge in [0.05, 0.1) is 11.4 Å². The summed E-state index contributed by atoms with van der Waals surface area (Å²) in [4.78, 5) is 0. The summed E-state index contributed by atoms with van der Waals surface area (Å²) < 4.78 is 10.8. The van der Waals surface area contributed by atoms with E-state index in [9.17, 15) is 0 Å². The Labute approximate surface area is 99.0 Å². The highest BCUT2D eigenvalue weighted by Crippen LogP contribution is 2.19. The van der Waals surface area contributed by atoms with Crippen molar-refractivity contribution in [3.63, 3.8) is 0 Å². The van der Waals surface area contributed by atoms with E-state index in [0.717, 1.165) is 12.8 Å². The molecule has 0 amide bonds. The van der Waals surface area contributed by atoms with Crippen molar-refractivity contribution in [2.45, 2.75) is 46.1 Å². The molecule has 0 spiro atoms. The molecule has 0 radical (unpaired) electrons. The van der Waals surface area contributed by atoms with Crippen molar-refractivity contribution in [2.24, 2.45) is 11.1 Å². The summed E-state index contributed by atoms with van der Waals surface area (Å²) in [5.74, 6) is 0.216. The zero-order chi connectivity index (χ0) is 12.8. The van der Waals surface area contributed by atoms with Gasteiger partial charge in [0, 0.05) is 25.7 Å². The lowest BCUT2D eigenvalue weighted by Gasteiger charge is -2.24. The SMILES string of the molecule is COC(C)(C)CCOCCC(C)(C)C(=N)N. The van der Waals surface area contributed by atoms with Gasteiger partial charge in [-0.1, -0.05) is 13.8 Å². The second-order valence-corrected chi connectivity index (χ2v) is 5.37. The van der Waals surface area contributed by atoms with Gasteiger partial charge in [-0.25, -0.2) is 0 Å². The molecule has 4 heteroatoms. The first-order valence-corrected chi connectivity index (χ1v) is 5.69. The third-order valence-corrected chi connectivity index (χ3v) is 3.00. The molecule has 0 rings (SSSR count). The highest BCUT2D eigenvalue weighted by atomic mass is 16.5. The number of amidine groups is 1. The highest BCUT2D eigenvalue weighted by Gasteiger charge is 2.21. The molecule has 0 aliphatic carbocycles. The highest BCUT2D eigenvalue weighted by molar-refractivity contribution is 5.82. The molecule has 0 atom stereocenters. The van der Waals surface area contributed by atoms with Crippen LogP contribution in [0.15, 0.2) is 0 Å². The predicted octanol–water partition coefficient (Wildman–Crippen LogP) is 2.17. The molecule has 3 N–H and O–H groups in total. The third kappa shape index (κ3) is 6.08. The Kier molecular flexibility index (Phi) is 5.97. The Bertz CT molecular complexity index is 225. The second-order valence-electron chi connectivity index (χ2n) is 5.37. The Morgan fingerprint density at radius 1 is 1.12 bits per heavy atom. The summed E-state index contributed by atoms with van der Waals surface area (Å²) >= 11 is 0. The van der Waals surface area contributed by atoms with Crippen LogP contribution in [0.5, 0.6) is 0 Å². The van der Waals surface area contributed by atoms with Crippen LogP contribution in [0.25, 0.3) is 0 Å². The molecule has 0 aliphatic rings. The van der Waals surface area contributed by atoms with Crippen LogP contribution >= 0.6 is 0 Å². The summed E-state index contributed by atoms with van der Waals surface area (Å²) in [6, 6.07) is 0. The van der Waals surface area contributed by atoms with Gasteiger partial charge in [0.25, 0.3) is 0 Å². The quantitative estimate of drug-likeness (QED) is 0.381. The third-order valence-electron chi connectivity index (χ3n) is 3.00. The van der Waals surface area contributed by atoms with Gasteiger partial charge in [-0.2, -0.15) is 0 Å². The second kappa shape index (κ2) is 6.21. The molecule has 0 heterocycles. The minimum absolute atomic E-state index is 0.129. The lowest BCUT2D eigenvalue weighted by atomic mass is 9.88. The minimum Gasteiger partial charge on any atom is -0.387 e. The summed E-state index contributed by atoms with van der Waals surface area (Å²) in [6.45, 7) is 9.29. The zero-order valence-electron chi connectivity index (χ0n) is 11.2. The standard InChI is InChI=1S/C12H26N2O2/c1-11(2,10(13)14)6-8-16-9-7-12(3,4)15-5/h6-9H2,1-5H3,(H3,13,14). The Balaban J connectivity index is 3.66. The maximum absolute atomic E-state index is 7.41. The van der Waals surface area contributed by atoms with Crippen LogP contribution in [0.4, 0.5) is 0 Å². The van der Waals surface area contributed by atoms with Gasteiger partial charge in [0.2, 0.25) is 0 Å². The van der Waals surface area contributed by atoms with Gasteiger partial charge in [-0.05, 0) is 26.7 Å². The van der Waals surface area contributed by atoms with Crippen LogP contribution in [0, 0.1) is 10.8 Å².